The van der Waals surface area contributed by atoms with Gasteiger partial charge in [0.1, 0.15) is 0 Å². The molecule has 2 aliphatic heterocycles. The van der Waals surface area contributed by atoms with Gasteiger partial charge in [0.15, 0.2) is 11.5 Å². The first kappa shape index (κ1) is 33.5. The van der Waals surface area contributed by atoms with E-state index in [0.29, 0.717) is 56.4 Å². The van der Waals surface area contributed by atoms with Crippen LogP contribution in [0.4, 0.5) is 0 Å². The van der Waals surface area contributed by atoms with Crippen LogP contribution in [0.3, 0.4) is 0 Å². The van der Waals surface area contributed by atoms with Crippen LogP contribution in [0, 0.1) is 5.92 Å². The van der Waals surface area contributed by atoms with Crippen molar-refractivity contribution in [3.63, 3.8) is 0 Å². The number of carbonyl (C=O) groups excluding carboxylic acids is 2. The molecule has 2 heterocycles. The Labute approximate surface area is 250 Å². The molecule has 0 radical (unpaired) electrons. The smallest absolute Gasteiger partial charge is 0.308 e. The number of aliphatic carboxylic acids is 1. The van der Waals surface area contributed by atoms with E-state index in [2.05, 4.69) is 28.1 Å². The summed E-state index contributed by atoms with van der Waals surface area (Å²) in [6.07, 6.45) is 3.25. The van der Waals surface area contributed by atoms with Gasteiger partial charge in [-0.05, 0) is 37.5 Å². The van der Waals surface area contributed by atoms with Crippen LogP contribution in [0.25, 0.3) is 0 Å². The summed E-state index contributed by atoms with van der Waals surface area (Å²) in [5, 5.41) is 10.5. The van der Waals surface area contributed by atoms with Crippen molar-refractivity contribution in [3.05, 3.63) is 17.7 Å². The van der Waals surface area contributed by atoms with E-state index < -0.39 is 23.8 Å². The zero-order valence-corrected chi connectivity index (χ0v) is 26.6. The Kier molecular flexibility index (Phi) is 11.9. The summed E-state index contributed by atoms with van der Waals surface area (Å²) in [4.78, 5) is 44.5. The fourth-order valence-corrected chi connectivity index (χ4v) is 6.10. The van der Waals surface area contributed by atoms with Crippen molar-refractivity contribution >= 4 is 17.8 Å². The number of quaternary nitrogens is 1. The summed E-state index contributed by atoms with van der Waals surface area (Å²) < 4.78 is 17.6. The van der Waals surface area contributed by atoms with E-state index in [0.717, 1.165) is 35.9 Å². The van der Waals surface area contributed by atoms with Crippen molar-refractivity contribution in [2.24, 2.45) is 5.92 Å². The van der Waals surface area contributed by atoms with Crippen molar-refractivity contribution in [2.45, 2.75) is 58.4 Å². The van der Waals surface area contributed by atoms with Crippen molar-refractivity contribution in [3.8, 4) is 17.2 Å². The molecular weight excluding hydrogens is 540 g/mol. The number of methoxy groups -OCH3 is 1. The predicted molar refractivity (Wildman–Crippen MR) is 160 cm³/mol. The standard InChI is InChI=1S/C31H50N4O7/c1-8-10-13-33(14-11-16-35(4,5)6)28(37)20-34-19-24(23-17-26(40-7)30-27(18-23)41-21-42-30)29(31(38)39)25(34)12-15-32(9-2)22(3)36/h17-18,24-25,29H,8-16,19-21H2,1-7H3/p+1/t24-,25+,29?/m1/s1. The second kappa shape index (κ2) is 14.9. The Balaban J connectivity index is 1.91. The molecular formula is C31H51N4O7+. The quantitative estimate of drug-likeness (QED) is 0.293. The lowest BCUT2D eigenvalue weighted by Crippen LogP contribution is -2.46. The highest BCUT2D eigenvalue weighted by Crippen LogP contribution is 2.47. The van der Waals surface area contributed by atoms with E-state index >= 15 is 0 Å². The number of hydrogen-bond acceptors (Lipinski definition) is 7. The van der Waals surface area contributed by atoms with Gasteiger partial charge in [0, 0.05) is 58.0 Å². The van der Waals surface area contributed by atoms with E-state index in [9.17, 15) is 19.5 Å². The molecule has 1 saturated heterocycles. The Hall–Kier alpha value is -3.05. The average Bonchev–Trinajstić information content (AvgIpc) is 3.54. The van der Waals surface area contributed by atoms with E-state index in [-0.39, 0.29) is 25.2 Å². The molecule has 1 N–H and O–H groups in total. The minimum atomic E-state index is -0.923. The van der Waals surface area contributed by atoms with Gasteiger partial charge in [0.25, 0.3) is 0 Å². The summed E-state index contributed by atoms with van der Waals surface area (Å²) in [5.41, 5.74) is 0.771. The maximum Gasteiger partial charge on any atom is 0.308 e. The van der Waals surface area contributed by atoms with Crippen LogP contribution >= 0.6 is 0 Å². The molecule has 42 heavy (non-hydrogen) atoms. The number of ether oxygens (including phenoxy) is 3. The minimum Gasteiger partial charge on any atom is -0.493 e. The Bertz CT molecular complexity index is 1090. The largest absolute Gasteiger partial charge is 0.493 e. The number of amides is 2. The number of carboxylic acid groups (broad SMARTS) is 1. The van der Waals surface area contributed by atoms with Gasteiger partial charge in [-0.2, -0.15) is 0 Å². The highest BCUT2D eigenvalue weighted by Gasteiger charge is 2.47. The summed E-state index contributed by atoms with van der Waals surface area (Å²) >= 11 is 0. The molecule has 11 nitrogen and oxygen atoms in total. The van der Waals surface area contributed by atoms with Gasteiger partial charge in [-0.15, -0.1) is 0 Å². The molecule has 0 aromatic heterocycles. The van der Waals surface area contributed by atoms with Crippen molar-refractivity contribution < 1.29 is 38.2 Å². The van der Waals surface area contributed by atoms with E-state index in [1.807, 2.05) is 28.9 Å². The molecule has 0 saturated carbocycles. The van der Waals surface area contributed by atoms with Crippen molar-refractivity contribution in [2.75, 3.05) is 80.9 Å². The van der Waals surface area contributed by atoms with Gasteiger partial charge < -0.3 is 33.6 Å². The Morgan fingerprint density at radius 2 is 1.79 bits per heavy atom. The fraction of sp³-hybridized carbons (Fsp3) is 0.710. The van der Waals surface area contributed by atoms with Crippen LogP contribution in [-0.2, 0) is 14.4 Å². The maximum absolute atomic E-state index is 13.8. The molecule has 236 valence electrons. The second-order valence-electron chi connectivity index (χ2n) is 12.4. The summed E-state index contributed by atoms with van der Waals surface area (Å²) in [6, 6.07) is 3.23. The first-order valence-electron chi connectivity index (χ1n) is 15.2. The van der Waals surface area contributed by atoms with Gasteiger partial charge in [-0.25, -0.2) is 0 Å². The number of rotatable bonds is 16. The molecule has 11 heteroatoms. The molecule has 0 bridgehead atoms. The van der Waals surface area contributed by atoms with E-state index in [1.165, 1.54) is 6.92 Å². The van der Waals surface area contributed by atoms with Crippen LogP contribution in [0.5, 0.6) is 17.2 Å². The SMILES string of the molecule is CCCCN(CCC[N+](C)(C)C)C(=O)CN1C[C@H](c2cc(OC)c3c(c2)OCO3)C(C(=O)O)[C@@H]1CCN(CC)C(C)=O. The molecule has 2 aliphatic rings. The number of carboxylic acids is 1. The lowest BCUT2D eigenvalue weighted by Gasteiger charge is -2.31. The fourth-order valence-electron chi connectivity index (χ4n) is 6.10. The first-order valence-corrected chi connectivity index (χ1v) is 15.2. The molecule has 2 amide bonds. The molecule has 1 unspecified atom stereocenters. The monoisotopic (exact) mass is 591 g/mol. The van der Waals surface area contributed by atoms with Gasteiger partial charge >= 0.3 is 5.97 Å². The van der Waals surface area contributed by atoms with Crippen molar-refractivity contribution in [1.82, 2.24) is 14.7 Å². The lowest BCUT2D eigenvalue weighted by molar-refractivity contribution is -0.870. The zero-order chi connectivity index (χ0) is 31.0. The number of unbranched alkanes of at least 4 members (excludes halogenated alkanes) is 1. The molecule has 0 aliphatic carbocycles. The highest BCUT2D eigenvalue weighted by molar-refractivity contribution is 5.79. The number of hydrogen-bond donors (Lipinski definition) is 1. The second-order valence-corrected chi connectivity index (χ2v) is 12.4. The molecule has 1 aromatic carbocycles. The molecule has 1 fully saturated rings. The summed E-state index contributed by atoms with van der Waals surface area (Å²) in [6.45, 7) is 9.42. The minimum absolute atomic E-state index is 0.0156. The molecule has 3 atom stereocenters. The Morgan fingerprint density at radius 3 is 2.38 bits per heavy atom. The molecule has 0 spiro atoms. The Morgan fingerprint density at radius 1 is 1.07 bits per heavy atom. The predicted octanol–water partition coefficient (Wildman–Crippen LogP) is 2.88. The third-order valence-corrected chi connectivity index (χ3v) is 8.39. The van der Waals surface area contributed by atoms with Crippen LogP contribution < -0.4 is 14.2 Å². The number of fused-ring (bicyclic) bond motifs is 1. The van der Waals surface area contributed by atoms with E-state index in [4.69, 9.17) is 14.2 Å². The number of benzene rings is 1. The van der Waals surface area contributed by atoms with Crippen molar-refractivity contribution in [1.29, 1.82) is 0 Å². The summed E-state index contributed by atoms with van der Waals surface area (Å²) in [5.74, 6) is -0.618. The van der Waals surface area contributed by atoms with Crippen LogP contribution in [0.15, 0.2) is 12.1 Å². The van der Waals surface area contributed by atoms with Gasteiger partial charge in [0.05, 0.1) is 47.3 Å². The van der Waals surface area contributed by atoms with Crippen LogP contribution in [0.1, 0.15) is 57.9 Å². The highest BCUT2D eigenvalue weighted by atomic mass is 16.7. The van der Waals surface area contributed by atoms with Crippen LogP contribution in [0.2, 0.25) is 0 Å². The molecule has 1 aromatic rings. The zero-order valence-electron chi connectivity index (χ0n) is 26.6. The topological polar surface area (TPSA) is 109 Å². The molecule has 3 rings (SSSR count). The third-order valence-electron chi connectivity index (χ3n) is 8.39. The number of likely N-dealkylation sites (tertiary alicyclic amines) is 1. The summed E-state index contributed by atoms with van der Waals surface area (Å²) in [7, 11) is 7.98. The number of carbonyl (C=O) groups is 3. The van der Waals surface area contributed by atoms with Gasteiger partial charge in [0.2, 0.25) is 24.4 Å². The maximum atomic E-state index is 13.8. The van der Waals surface area contributed by atoms with Crippen LogP contribution in [-0.4, -0.2) is 129 Å². The normalized spacial score (nSPS) is 20.0. The average molecular weight is 592 g/mol. The third kappa shape index (κ3) is 8.50. The van der Waals surface area contributed by atoms with E-state index in [1.54, 1.807) is 12.0 Å². The van der Waals surface area contributed by atoms with Gasteiger partial charge in [-0.3, -0.25) is 19.3 Å². The first-order chi connectivity index (χ1) is 19.9. The lowest BCUT2D eigenvalue weighted by atomic mass is 9.84. The number of nitrogens with zero attached hydrogens (tertiary/aromatic N) is 4. The van der Waals surface area contributed by atoms with Gasteiger partial charge in [-0.1, -0.05) is 13.3 Å².